The number of aromatic hydroxyl groups is 2. The molecule has 0 aliphatic heterocycles. The first kappa shape index (κ1) is 13.7. The van der Waals surface area contributed by atoms with E-state index in [9.17, 15) is 15.0 Å². The zero-order chi connectivity index (χ0) is 14.9. The van der Waals surface area contributed by atoms with Gasteiger partial charge in [-0.15, -0.1) is 0 Å². The maximum atomic E-state index is 12.4. The maximum Gasteiger partial charge on any atom is 0.200 e. The Bertz CT molecular complexity index is 666. The number of phenolic OH excluding ortho intramolecular Hbond substituents is 2. The van der Waals surface area contributed by atoms with Crippen LogP contribution in [0.25, 0.3) is 0 Å². The summed E-state index contributed by atoms with van der Waals surface area (Å²) < 4.78 is 0. The first-order valence-corrected chi connectivity index (χ1v) is 6.05. The summed E-state index contributed by atoms with van der Waals surface area (Å²) in [4.78, 5) is 14.0. The third-order valence-corrected chi connectivity index (χ3v) is 3.02. The molecule has 0 radical (unpaired) electrons. The molecule has 0 aliphatic rings. The van der Waals surface area contributed by atoms with Crippen molar-refractivity contribution in [3.63, 3.8) is 0 Å². The second kappa shape index (κ2) is 5.13. The number of benzene rings is 2. The molecule has 0 unspecified atom stereocenters. The van der Waals surface area contributed by atoms with E-state index in [4.69, 9.17) is 5.73 Å². The highest BCUT2D eigenvalue weighted by atomic mass is 16.3. The predicted octanol–water partition coefficient (Wildman–Crippen LogP) is 1.98. The van der Waals surface area contributed by atoms with Crippen LogP contribution in [0.15, 0.2) is 36.4 Å². The molecule has 0 spiro atoms. The fraction of sp³-hybridized carbons (Fsp3) is 0.133. The van der Waals surface area contributed by atoms with Gasteiger partial charge in [0.1, 0.15) is 11.4 Å². The molecule has 4 N–H and O–H groups in total. The van der Waals surface area contributed by atoms with Crippen molar-refractivity contribution in [3.8, 4) is 11.5 Å². The normalized spacial score (nSPS) is 10.3. The molecule has 0 amide bonds. The SMILES string of the molecule is CN(C)c1c(N)ccc(C(=O)c2ccccc2O)c1O. The van der Waals surface area contributed by atoms with Gasteiger partial charge in [0.25, 0.3) is 0 Å². The highest BCUT2D eigenvalue weighted by molar-refractivity contribution is 6.13. The summed E-state index contributed by atoms with van der Waals surface area (Å²) in [5, 5.41) is 20.0. The van der Waals surface area contributed by atoms with Gasteiger partial charge in [-0.1, -0.05) is 12.1 Å². The number of nitrogen functional groups attached to an aromatic ring is 1. The van der Waals surface area contributed by atoms with Crippen LogP contribution in [0.4, 0.5) is 11.4 Å². The van der Waals surface area contributed by atoms with Gasteiger partial charge in [-0.3, -0.25) is 4.79 Å². The number of rotatable bonds is 3. The molecule has 0 saturated carbocycles. The van der Waals surface area contributed by atoms with Gasteiger partial charge in [0.05, 0.1) is 16.8 Å². The van der Waals surface area contributed by atoms with Crippen molar-refractivity contribution in [1.82, 2.24) is 0 Å². The molecule has 0 atom stereocenters. The molecule has 0 fully saturated rings. The van der Waals surface area contributed by atoms with Crippen molar-refractivity contribution < 1.29 is 15.0 Å². The average molecular weight is 272 g/mol. The molecule has 5 nitrogen and oxygen atoms in total. The van der Waals surface area contributed by atoms with Gasteiger partial charge in [-0.25, -0.2) is 0 Å². The fourth-order valence-electron chi connectivity index (χ4n) is 2.06. The quantitative estimate of drug-likeness (QED) is 0.587. The molecular formula is C15H16N2O3. The summed E-state index contributed by atoms with van der Waals surface area (Å²) in [7, 11) is 3.44. The minimum Gasteiger partial charge on any atom is -0.507 e. The van der Waals surface area contributed by atoms with Crippen molar-refractivity contribution >= 4 is 17.2 Å². The van der Waals surface area contributed by atoms with Gasteiger partial charge in [0.15, 0.2) is 5.75 Å². The Morgan fingerprint density at radius 3 is 2.30 bits per heavy atom. The zero-order valence-corrected chi connectivity index (χ0v) is 11.3. The van der Waals surface area contributed by atoms with Crippen molar-refractivity contribution in [2.45, 2.75) is 0 Å². The lowest BCUT2D eigenvalue weighted by Gasteiger charge is -2.18. The molecule has 5 heteroatoms. The highest BCUT2D eigenvalue weighted by Crippen LogP contribution is 2.37. The lowest BCUT2D eigenvalue weighted by molar-refractivity contribution is 0.103. The van der Waals surface area contributed by atoms with Crippen LogP contribution in [0.3, 0.4) is 0 Å². The molecule has 2 rings (SSSR count). The van der Waals surface area contributed by atoms with E-state index in [1.54, 1.807) is 37.2 Å². The number of carbonyl (C=O) groups excluding carboxylic acids is 1. The van der Waals surface area contributed by atoms with Crippen LogP contribution in [-0.4, -0.2) is 30.1 Å². The van der Waals surface area contributed by atoms with Crippen LogP contribution >= 0.6 is 0 Å². The van der Waals surface area contributed by atoms with Gasteiger partial charge < -0.3 is 20.8 Å². The molecule has 0 saturated heterocycles. The summed E-state index contributed by atoms with van der Waals surface area (Å²) in [5.41, 5.74) is 6.79. The van der Waals surface area contributed by atoms with E-state index in [2.05, 4.69) is 0 Å². The van der Waals surface area contributed by atoms with Crippen molar-refractivity contribution in [2.75, 3.05) is 24.7 Å². The van der Waals surface area contributed by atoms with Crippen LogP contribution in [0, 0.1) is 0 Å². The Kier molecular flexibility index (Phi) is 3.52. The minimum absolute atomic E-state index is 0.101. The second-order valence-electron chi connectivity index (χ2n) is 4.64. The van der Waals surface area contributed by atoms with Crippen LogP contribution < -0.4 is 10.6 Å². The summed E-state index contributed by atoms with van der Waals surface area (Å²) in [6, 6.07) is 9.21. The summed E-state index contributed by atoms with van der Waals surface area (Å²) in [6.07, 6.45) is 0. The monoisotopic (exact) mass is 272 g/mol. The Labute approximate surface area is 116 Å². The first-order valence-electron chi connectivity index (χ1n) is 6.05. The number of hydrogen-bond donors (Lipinski definition) is 3. The summed E-state index contributed by atoms with van der Waals surface area (Å²) in [6.45, 7) is 0. The number of anilines is 2. The van der Waals surface area contributed by atoms with E-state index >= 15 is 0 Å². The van der Waals surface area contributed by atoms with Gasteiger partial charge in [-0.2, -0.15) is 0 Å². The van der Waals surface area contributed by atoms with Crippen molar-refractivity contribution in [2.24, 2.45) is 0 Å². The molecular weight excluding hydrogens is 256 g/mol. The van der Waals surface area contributed by atoms with Crippen LogP contribution in [-0.2, 0) is 0 Å². The third kappa shape index (κ3) is 2.25. The number of nitrogens with zero attached hydrogens (tertiary/aromatic N) is 1. The number of para-hydroxylation sites is 1. The lowest BCUT2D eigenvalue weighted by Crippen LogP contribution is -2.13. The maximum absolute atomic E-state index is 12.4. The number of carbonyl (C=O) groups is 1. The summed E-state index contributed by atoms with van der Waals surface area (Å²) in [5.74, 6) is -0.771. The largest absolute Gasteiger partial charge is 0.507 e. The van der Waals surface area contributed by atoms with Gasteiger partial charge >= 0.3 is 0 Å². The third-order valence-electron chi connectivity index (χ3n) is 3.02. The topological polar surface area (TPSA) is 86.8 Å². The molecule has 2 aromatic rings. The number of ketones is 1. The predicted molar refractivity (Wildman–Crippen MR) is 78.4 cm³/mol. The summed E-state index contributed by atoms with van der Waals surface area (Å²) >= 11 is 0. The van der Waals surface area contributed by atoms with E-state index < -0.39 is 5.78 Å². The lowest BCUT2D eigenvalue weighted by atomic mass is 10.00. The molecule has 0 aliphatic carbocycles. The Morgan fingerprint density at radius 1 is 1.05 bits per heavy atom. The number of nitrogens with two attached hydrogens (primary N) is 1. The van der Waals surface area contributed by atoms with E-state index in [-0.39, 0.29) is 22.6 Å². The van der Waals surface area contributed by atoms with Gasteiger partial charge in [0, 0.05) is 14.1 Å². The van der Waals surface area contributed by atoms with Gasteiger partial charge in [-0.05, 0) is 24.3 Å². The Balaban J connectivity index is 2.57. The van der Waals surface area contributed by atoms with E-state index in [1.165, 1.54) is 18.2 Å². The Morgan fingerprint density at radius 2 is 1.70 bits per heavy atom. The molecule has 2 aromatic carbocycles. The van der Waals surface area contributed by atoms with Crippen LogP contribution in [0.5, 0.6) is 11.5 Å². The highest BCUT2D eigenvalue weighted by Gasteiger charge is 2.20. The smallest absolute Gasteiger partial charge is 0.200 e. The second-order valence-corrected chi connectivity index (χ2v) is 4.64. The van der Waals surface area contributed by atoms with Crippen LogP contribution in [0.1, 0.15) is 15.9 Å². The standard InChI is InChI=1S/C15H16N2O3/c1-17(2)13-11(16)8-7-10(15(13)20)14(19)9-5-3-4-6-12(9)18/h3-8,18,20H,16H2,1-2H3. The Hall–Kier alpha value is -2.69. The van der Waals surface area contributed by atoms with Crippen molar-refractivity contribution in [3.05, 3.63) is 47.5 Å². The average Bonchev–Trinajstić information content (AvgIpc) is 2.38. The first-order chi connectivity index (χ1) is 9.43. The van der Waals surface area contributed by atoms with E-state index in [1.807, 2.05) is 0 Å². The molecule has 20 heavy (non-hydrogen) atoms. The molecule has 0 bridgehead atoms. The van der Waals surface area contributed by atoms with E-state index in [0.29, 0.717) is 11.4 Å². The minimum atomic E-state index is -0.455. The van der Waals surface area contributed by atoms with Crippen LogP contribution in [0.2, 0.25) is 0 Å². The fourth-order valence-corrected chi connectivity index (χ4v) is 2.06. The van der Waals surface area contributed by atoms with Gasteiger partial charge in [0.2, 0.25) is 5.78 Å². The molecule has 0 heterocycles. The number of hydrogen-bond acceptors (Lipinski definition) is 5. The van der Waals surface area contributed by atoms with Crippen molar-refractivity contribution in [1.29, 1.82) is 0 Å². The number of phenols is 2. The van der Waals surface area contributed by atoms with E-state index in [0.717, 1.165) is 0 Å². The molecule has 0 aromatic heterocycles. The molecule has 104 valence electrons. The zero-order valence-electron chi connectivity index (χ0n) is 11.3.